The highest BCUT2D eigenvalue weighted by molar-refractivity contribution is 5.50. The molecule has 0 amide bonds. The lowest BCUT2D eigenvalue weighted by atomic mass is 9.80. The van der Waals surface area contributed by atoms with Crippen LogP contribution in [0.2, 0.25) is 0 Å². The number of benzene rings is 1. The van der Waals surface area contributed by atoms with E-state index in [-0.39, 0.29) is 11.7 Å². The molecule has 116 valence electrons. The zero-order valence-electron chi connectivity index (χ0n) is 13.4. The Bertz CT molecular complexity index is 512. The van der Waals surface area contributed by atoms with Crippen LogP contribution in [0.5, 0.6) is 11.5 Å². The summed E-state index contributed by atoms with van der Waals surface area (Å²) in [5.74, 6) is 3.02. The fourth-order valence-corrected chi connectivity index (χ4v) is 3.65. The van der Waals surface area contributed by atoms with Gasteiger partial charge in [-0.3, -0.25) is 0 Å². The van der Waals surface area contributed by atoms with Crippen molar-refractivity contribution in [2.45, 2.75) is 58.2 Å². The average molecular weight is 289 g/mol. The summed E-state index contributed by atoms with van der Waals surface area (Å²) in [5.41, 5.74) is 7.06. The molecule has 1 heterocycles. The quantitative estimate of drug-likeness (QED) is 0.925. The fourth-order valence-electron chi connectivity index (χ4n) is 3.65. The molecule has 2 N–H and O–H groups in total. The van der Waals surface area contributed by atoms with Gasteiger partial charge in [-0.1, -0.05) is 25.5 Å². The molecule has 2 aliphatic rings. The second-order valence-electron chi connectivity index (χ2n) is 7.35. The van der Waals surface area contributed by atoms with E-state index in [1.165, 1.54) is 18.4 Å². The van der Waals surface area contributed by atoms with E-state index in [1.807, 2.05) is 6.07 Å². The van der Waals surface area contributed by atoms with Gasteiger partial charge in [-0.05, 0) is 45.2 Å². The minimum absolute atomic E-state index is 0.130. The number of hydrogen-bond donors (Lipinski definition) is 1. The van der Waals surface area contributed by atoms with Crippen LogP contribution >= 0.6 is 0 Å². The van der Waals surface area contributed by atoms with Gasteiger partial charge in [0.25, 0.3) is 0 Å². The van der Waals surface area contributed by atoms with E-state index in [0.717, 1.165) is 24.3 Å². The van der Waals surface area contributed by atoms with Crippen LogP contribution in [0.15, 0.2) is 18.2 Å². The van der Waals surface area contributed by atoms with Crippen LogP contribution in [-0.2, 0) is 6.42 Å². The third-order valence-corrected chi connectivity index (χ3v) is 4.83. The highest BCUT2D eigenvalue weighted by Crippen LogP contribution is 2.43. The Balaban J connectivity index is 1.81. The molecule has 1 aromatic carbocycles. The summed E-state index contributed by atoms with van der Waals surface area (Å²) in [7, 11) is 0. The monoisotopic (exact) mass is 289 g/mol. The van der Waals surface area contributed by atoms with Crippen molar-refractivity contribution in [3.8, 4) is 11.5 Å². The normalized spacial score (nSPS) is 30.6. The summed E-state index contributed by atoms with van der Waals surface area (Å²) in [6.07, 6.45) is 4.69. The first-order chi connectivity index (χ1) is 9.98. The average Bonchev–Trinajstić information content (AvgIpc) is 2.74. The third kappa shape index (κ3) is 3.03. The molecular formula is C18H27NO2. The number of nitrogens with two attached hydrogens (primary N) is 1. The van der Waals surface area contributed by atoms with E-state index >= 15 is 0 Å². The Labute approximate surface area is 127 Å². The molecule has 0 radical (unpaired) electrons. The highest BCUT2D eigenvalue weighted by atomic mass is 16.5. The number of para-hydroxylation sites is 1. The van der Waals surface area contributed by atoms with Crippen LogP contribution in [0, 0.1) is 11.8 Å². The Kier molecular flexibility index (Phi) is 3.87. The van der Waals surface area contributed by atoms with Gasteiger partial charge in [0.15, 0.2) is 11.5 Å². The topological polar surface area (TPSA) is 44.5 Å². The Morgan fingerprint density at radius 3 is 2.90 bits per heavy atom. The first-order valence-corrected chi connectivity index (χ1v) is 8.16. The van der Waals surface area contributed by atoms with Gasteiger partial charge >= 0.3 is 0 Å². The maximum absolute atomic E-state index is 6.36. The first kappa shape index (κ1) is 14.7. The lowest BCUT2D eigenvalue weighted by molar-refractivity contribution is 0.0657. The number of fused-ring (bicyclic) bond motifs is 1. The van der Waals surface area contributed by atoms with Gasteiger partial charge in [-0.2, -0.15) is 0 Å². The molecule has 3 heteroatoms. The Hall–Kier alpha value is -1.22. The van der Waals surface area contributed by atoms with Crippen molar-refractivity contribution < 1.29 is 9.47 Å². The summed E-state index contributed by atoms with van der Waals surface area (Å²) in [5, 5.41) is 0. The van der Waals surface area contributed by atoms with Crippen molar-refractivity contribution in [2.24, 2.45) is 17.6 Å². The van der Waals surface area contributed by atoms with E-state index in [4.69, 9.17) is 15.2 Å². The molecule has 3 nitrogen and oxygen atoms in total. The van der Waals surface area contributed by atoms with Gasteiger partial charge in [-0.25, -0.2) is 0 Å². The predicted molar refractivity (Wildman–Crippen MR) is 84.8 cm³/mol. The molecular weight excluding hydrogens is 262 g/mol. The first-order valence-electron chi connectivity index (χ1n) is 8.16. The van der Waals surface area contributed by atoms with Gasteiger partial charge in [0.1, 0.15) is 11.7 Å². The summed E-state index contributed by atoms with van der Waals surface area (Å²) in [6, 6.07) is 6.25. The maximum Gasteiger partial charge on any atom is 0.165 e. The summed E-state index contributed by atoms with van der Waals surface area (Å²) in [6.45, 7) is 7.27. The molecule has 21 heavy (non-hydrogen) atoms. The van der Waals surface area contributed by atoms with Crippen LogP contribution < -0.4 is 15.2 Å². The Morgan fingerprint density at radius 1 is 1.33 bits per heavy atom. The second-order valence-corrected chi connectivity index (χ2v) is 7.35. The van der Waals surface area contributed by atoms with E-state index in [1.54, 1.807) is 0 Å². The van der Waals surface area contributed by atoms with Crippen LogP contribution in [0.1, 0.15) is 45.6 Å². The van der Waals surface area contributed by atoms with Crippen molar-refractivity contribution in [1.29, 1.82) is 0 Å². The summed E-state index contributed by atoms with van der Waals surface area (Å²) < 4.78 is 12.5. The standard InChI is InChI=1S/C18H27NO2/c1-12-7-8-14(11-19)16(9-12)20-15-6-4-5-13-10-18(2,3)21-17(13)15/h4-6,12,14,16H,7-11,19H2,1-3H3. The van der Waals surface area contributed by atoms with Gasteiger partial charge in [0.2, 0.25) is 0 Å². The zero-order valence-corrected chi connectivity index (χ0v) is 13.4. The number of ether oxygens (including phenoxy) is 2. The van der Waals surface area contributed by atoms with Crippen molar-refractivity contribution in [3.63, 3.8) is 0 Å². The molecule has 0 saturated heterocycles. The lowest BCUT2D eigenvalue weighted by Crippen LogP contribution is -2.37. The third-order valence-electron chi connectivity index (χ3n) is 4.83. The minimum atomic E-state index is -0.130. The minimum Gasteiger partial charge on any atom is -0.486 e. The van der Waals surface area contributed by atoms with Crippen molar-refractivity contribution >= 4 is 0 Å². The van der Waals surface area contributed by atoms with Crippen LogP contribution in [-0.4, -0.2) is 18.2 Å². The molecule has 1 saturated carbocycles. The Morgan fingerprint density at radius 2 is 2.14 bits per heavy atom. The second kappa shape index (κ2) is 5.53. The van der Waals surface area contributed by atoms with Crippen molar-refractivity contribution in [1.82, 2.24) is 0 Å². The molecule has 3 unspecified atom stereocenters. The SMILES string of the molecule is CC1CCC(CN)C(Oc2cccc3c2OC(C)(C)C3)C1. The predicted octanol–water partition coefficient (Wildman–Crippen LogP) is 3.54. The highest BCUT2D eigenvalue weighted by Gasteiger charge is 2.34. The summed E-state index contributed by atoms with van der Waals surface area (Å²) in [4.78, 5) is 0. The van der Waals surface area contributed by atoms with E-state index in [2.05, 4.69) is 32.9 Å². The summed E-state index contributed by atoms with van der Waals surface area (Å²) >= 11 is 0. The molecule has 3 atom stereocenters. The molecule has 3 rings (SSSR count). The molecule has 1 aromatic rings. The molecule has 1 fully saturated rings. The molecule has 1 aliphatic carbocycles. The maximum atomic E-state index is 6.36. The van der Waals surface area contributed by atoms with Crippen LogP contribution in [0.3, 0.4) is 0 Å². The number of hydrogen-bond acceptors (Lipinski definition) is 3. The number of rotatable bonds is 3. The van der Waals surface area contributed by atoms with Crippen molar-refractivity contribution in [2.75, 3.05) is 6.54 Å². The van der Waals surface area contributed by atoms with Crippen LogP contribution in [0.25, 0.3) is 0 Å². The molecule has 0 spiro atoms. The van der Waals surface area contributed by atoms with Crippen LogP contribution in [0.4, 0.5) is 0 Å². The van der Waals surface area contributed by atoms with Gasteiger partial charge in [0, 0.05) is 17.9 Å². The largest absolute Gasteiger partial charge is 0.486 e. The lowest BCUT2D eigenvalue weighted by Gasteiger charge is -2.34. The zero-order chi connectivity index (χ0) is 15.0. The molecule has 0 bridgehead atoms. The van der Waals surface area contributed by atoms with Gasteiger partial charge in [-0.15, -0.1) is 0 Å². The smallest absolute Gasteiger partial charge is 0.165 e. The van der Waals surface area contributed by atoms with E-state index in [9.17, 15) is 0 Å². The van der Waals surface area contributed by atoms with Gasteiger partial charge in [0.05, 0.1) is 0 Å². The van der Waals surface area contributed by atoms with E-state index in [0.29, 0.717) is 18.4 Å². The van der Waals surface area contributed by atoms with Gasteiger partial charge < -0.3 is 15.2 Å². The molecule has 0 aromatic heterocycles. The fraction of sp³-hybridized carbons (Fsp3) is 0.667. The van der Waals surface area contributed by atoms with Crippen molar-refractivity contribution in [3.05, 3.63) is 23.8 Å². The molecule has 1 aliphatic heterocycles. The van der Waals surface area contributed by atoms with E-state index < -0.39 is 0 Å².